The summed E-state index contributed by atoms with van der Waals surface area (Å²) in [5, 5.41) is 2.96. The Morgan fingerprint density at radius 2 is 1.62 bits per heavy atom. The maximum atomic E-state index is 12.8. The van der Waals surface area contributed by atoms with E-state index < -0.39 is 16.1 Å². The first kappa shape index (κ1) is 20.8. The van der Waals surface area contributed by atoms with Gasteiger partial charge in [-0.3, -0.25) is 4.79 Å². The van der Waals surface area contributed by atoms with Crippen molar-refractivity contribution in [2.75, 3.05) is 13.1 Å². The van der Waals surface area contributed by atoms with Gasteiger partial charge in [0.05, 0.1) is 11.2 Å². The molecular weight excluding hydrogens is 388 g/mol. The Balaban J connectivity index is 1.83. The van der Waals surface area contributed by atoms with Gasteiger partial charge in [0.2, 0.25) is 10.0 Å². The summed E-state index contributed by atoms with van der Waals surface area (Å²) in [7, 11) is -3.56. The number of benzene rings is 2. The fourth-order valence-corrected chi connectivity index (χ4v) is 4.58. The highest BCUT2D eigenvalue weighted by Crippen LogP contribution is 2.23. The predicted molar refractivity (Wildman–Crippen MR) is 111 cm³/mol. The van der Waals surface area contributed by atoms with Crippen LogP contribution in [0, 0.1) is 0 Å². The first-order chi connectivity index (χ1) is 14.0. The lowest BCUT2D eigenvalue weighted by molar-refractivity contribution is 0.0939. The summed E-state index contributed by atoms with van der Waals surface area (Å²) >= 11 is 0. The SMILES string of the molecule is CCN(CC)S(=O)(=O)c1ccc(C(=O)N[C@H](c2ccccc2)c2ccco2)cc1. The summed E-state index contributed by atoms with van der Waals surface area (Å²) in [5.74, 6) is 0.298. The number of hydrogen-bond acceptors (Lipinski definition) is 4. The molecule has 0 spiro atoms. The summed E-state index contributed by atoms with van der Waals surface area (Å²) in [6.07, 6.45) is 1.56. The molecule has 1 aromatic heterocycles. The van der Waals surface area contributed by atoms with Crippen LogP contribution >= 0.6 is 0 Å². The Morgan fingerprint density at radius 1 is 0.966 bits per heavy atom. The van der Waals surface area contributed by atoms with Crippen molar-refractivity contribution in [1.82, 2.24) is 9.62 Å². The van der Waals surface area contributed by atoms with E-state index in [0.717, 1.165) is 5.56 Å². The number of hydrogen-bond donors (Lipinski definition) is 1. The van der Waals surface area contributed by atoms with E-state index in [1.54, 1.807) is 32.2 Å². The lowest BCUT2D eigenvalue weighted by Crippen LogP contribution is -2.31. The van der Waals surface area contributed by atoms with Crippen molar-refractivity contribution in [2.45, 2.75) is 24.8 Å². The maximum absolute atomic E-state index is 12.8. The molecule has 152 valence electrons. The average Bonchev–Trinajstić information content (AvgIpc) is 3.28. The zero-order valence-corrected chi connectivity index (χ0v) is 17.2. The molecule has 1 atom stereocenters. The Morgan fingerprint density at radius 3 is 2.17 bits per heavy atom. The molecule has 3 aromatic rings. The lowest BCUT2D eigenvalue weighted by Gasteiger charge is -2.19. The molecule has 0 saturated carbocycles. The smallest absolute Gasteiger partial charge is 0.252 e. The second-order valence-electron chi connectivity index (χ2n) is 6.45. The van der Waals surface area contributed by atoms with Crippen LogP contribution in [0.4, 0.5) is 0 Å². The molecule has 6 nitrogen and oxygen atoms in total. The average molecular weight is 413 g/mol. The van der Waals surface area contributed by atoms with E-state index >= 15 is 0 Å². The van der Waals surface area contributed by atoms with Crippen molar-refractivity contribution in [1.29, 1.82) is 0 Å². The van der Waals surface area contributed by atoms with Gasteiger partial charge in [-0.25, -0.2) is 8.42 Å². The minimum atomic E-state index is -3.56. The molecule has 0 aliphatic heterocycles. The highest BCUT2D eigenvalue weighted by molar-refractivity contribution is 7.89. The van der Waals surface area contributed by atoms with Crippen LogP contribution in [0.15, 0.2) is 82.3 Å². The highest BCUT2D eigenvalue weighted by atomic mass is 32.2. The molecule has 0 aliphatic rings. The monoisotopic (exact) mass is 412 g/mol. The van der Waals surface area contributed by atoms with Crippen molar-refractivity contribution < 1.29 is 17.6 Å². The minimum Gasteiger partial charge on any atom is -0.467 e. The predicted octanol–water partition coefficient (Wildman–Crippen LogP) is 3.83. The number of carbonyl (C=O) groups excluding carboxylic acids is 1. The van der Waals surface area contributed by atoms with Gasteiger partial charge in [-0.1, -0.05) is 44.2 Å². The maximum Gasteiger partial charge on any atom is 0.252 e. The summed E-state index contributed by atoms with van der Waals surface area (Å²) in [5.41, 5.74) is 1.26. The van der Waals surface area contributed by atoms with E-state index in [4.69, 9.17) is 4.42 Å². The van der Waals surface area contributed by atoms with Gasteiger partial charge in [0, 0.05) is 18.7 Å². The van der Waals surface area contributed by atoms with Gasteiger partial charge in [-0.05, 0) is 42.0 Å². The van der Waals surface area contributed by atoms with Crippen LogP contribution in [-0.4, -0.2) is 31.7 Å². The number of furan rings is 1. The molecule has 1 heterocycles. The third-order valence-corrected chi connectivity index (χ3v) is 6.76. The second-order valence-corrected chi connectivity index (χ2v) is 8.38. The molecule has 1 amide bonds. The van der Waals surface area contributed by atoms with E-state index in [-0.39, 0.29) is 10.8 Å². The van der Waals surface area contributed by atoms with Crippen molar-refractivity contribution in [3.05, 3.63) is 89.9 Å². The highest BCUT2D eigenvalue weighted by Gasteiger charge is 2.23. The molecule has 7 heteroatoms. The number of nitrogens with zero attached hydrogens (tertiary/aromatic N) is 1. The second kappa shape index (κ2) is 9.07. The normalized spacial score (nSPS) is 12.7. The molecule has 0 bridgehead atoms. The van der Waals surface area contributed by atoms with Crippen molar-refractivity contribution in [2.24, 2.45) is 0 Å². The molecule has 0 fully saturated rings. The quantitative estimate of drug-likeness (QED) is 0.610. The molecule has 0 aliphatic carbocycles. The van der Waals surface area contributed by atoms with E-state index in [0.29, 0.717) is 24.4 Å². The molecule has 3 rings (SSSR count). The summed E-state index contributed by atoms with van der Waals surface area (Å²) < 4.78 is 32.1. The fourth-order valence-electron chi connectivity index (χ4n) is 3.13. The van der Waals surface area contributed by atoms with E-state index in [1.807, 2.05) is 30.3 Å². The van der Waals surface area contributed by atoms with Crippen molar-refractivity contribution >= 4 is 15.9 Å². The molecule has 2 aromatic carbocycles. The number of carbonyl (C=O) groups is 1. The van der Waals surface area contributed by atoms with Crippen molar-refractivity contribution in [3.63, 3.8) is 0 Å². The third kappa shape index (κ3) is 4.58. The molecule has 0 radical (unpaired) electrons. The molecule has 0 unspecified atom stereocenters. The van der Waals surface area contributed by atoms with Crippen LogP contribution in [0.5, 0.6) is 0 Å². The van der Waals surface area contributed by atoms with Gasteiger partial charge in [0.15, 0.2) is 0 Å². The van der Waals surface area contributed by atoms with E-state index in [2.05, 4.69) is 5.32 Å². The largest absolute Gasteiger partial charge is 0.467 e. The molecule has 0 saturated heterocycles. The summed E-state index contributed by atoms with van der Waals surface area (Å²) in [6, 6.07) is 18.6. The van der Waals surface area contributed by atoms with Crippen LogP contribution < -0.4 is 5.32 Å². The van der Waals surface area contributed by atoms with Gasteiger partial charge in [-0.15, -0.1) is 0 Å². The molecular formula is C22H24N2O4S. The first-order valence-corrected chi connectivity index (χ1v) is 10.9. The van der Waals surface area contributed by atoms with Crippen LogP contribution in [0.3, 0.4) is 0 Å². The van der Waals surface area contributed by atoms with Gasteiger partial charge < -0.3 is 9.73 Å². The Labute approximate surface area is 171 Å². The zero-order valence-electron chi connectivity index (χ0n) is 16.4. The number of rotatable bonds is 8. The van der Waals surface area contributed by atoms with Gasteiger partial charge in [0.1, 0.15) is 11.8 Å². The topological polar surface area (TPSA) is 79.6 Å². The zero-order chi connectivity index (χ0) is 20.9. The number of nitrogens with one attached hydrogen (secondary N) is 1. The van der Waals surface area contributed by atoms with E-state index in [9.17, 15) is 13.2 Å². The minimum absolute atomic E-state index is 0.170. The van der Waals surface area contributed by atoms with Gasteiger partial charge in [0.25, 0.3) is 5.91 Å². The molecule has 1 N–H and O–H groups in total. The Hall–Kier alpha value is -2.90. The van der Waals surface area contributed by atoms with Crippen LogP contribution in [0.2, 0.25) is 0 Å². The standard InChI is InChI=1S/C22H24N2O4S/c1-3-24(4-2)29(26,27)19-14-12-18(13-15-19)22(25)23-21(20-11-8-16-28-20)17-9-6-5-7-10-17/h5-16,21H,3-4H2,1-2H3,(H,23,25)/t21-/m1/s1. The summed E-state index contributed by atoms with van der Waals surface area (Å²) in [4.78, 5) is 13.0. The fraction of sp³-hybridized carbons (Fsp3) is 0.227. The lowest BCUT2D eigenvalue weighted by atomic mass is 10.0. The Kier molecular flexibility index (Phi) is 6.51. The van der Waals surface area contributed by atoms with Crippen LogP contribution in [0.1, 0.15) is 41.6 Å². The number of sulfonamides is 1. The summed E-state index contributed by atoms with van der Waals surface area (Å²) in [6.45, 7) is 4.37. The van der Waals surface area contributed by atoms with Gasteiger partial charge >= 0.3 is 0 Å². The van der Waals surface area contributed by atoms with Gasteiger partial charge in [-0.2, -0.15) is 4.31 Å². The van der Waals surface area contributed by atoms with Crippen LogP contribution in [-0.2, 0) is 10.0 Å². The Bertz CT molecular complexity index is 1030. The molecule has 29 heavy (non-hydrogen) atoms. The first-order valence-electron chi connectivity index (χ1n) is 9.46. The third-order valence-electron chi connectivity index (χ3n) is 4.70. The van der Waals surface area contributed by atoms with Crippen molar-refractivity contribution in [3.8, 4) is 0 Å². The van der Waals surface area contributed by atoms with Crippen LogP contribution in [0.25, 0.3) is 0 Å². The number of amides is 1. The van der Waals surface area contributed by atoms with E-state index in [1.165, 1.54) is 28.6 Å².